The molecule has 1 aliphatic carbocycles. The normalized spacial score (nSPS) is 30.9. The Morgan fingerprint density at radius 1 is 1.08 bits per heavy atom. The molecular weight excluding hydrogens is 277 g/mol. The molecule has 1 spiro atoms. The van der Waals surface area contributed by atoms with E-state index in [2.05, 4.69) is 22.6 Å². The van der Waals surface area contributed by atoms with Crippen molar-refractivity contribution in [3.8, 4) is 0 Å². The van der Waals surface area contributed by atoms with Crippen LogP contribution in [0.2, 0.25) is 0 Å². The first kappa shape index (κ1) is 10.2. The van der Waals surface area contributed by atoms with Crippen LogP contribution >= 0.6 is 22.6 Å². The van der Waals surface area contributed by atoms with E-state index < -0.39 is 0 Å². The van der Waals surface area contributed by atoms with Crippen LogP contribution in [0.5, 0.6) is 0 Å². The number of piperidine rings is 1. The van der Waals surface area contributed by atoms with E-state index >= 15 is 0 Å². The van der Waals surface area contributed by atoms with Gasteiger partial charge in [-0.05, 0) is 43.9 Å². The molecule has 0 aromatic carbocycles. The number of hydrogen-bond donors (Lipinski definition) is 1. The Labute approximate surface area is 93.8 Å². The Balaban J connectivity index is 1.90. The van der Waals surface area contributed by atoms with Gasteiger partial charge in [-0.1, -0.05) is 22.6 Å². The largest absolute Gasteiger partial charge is 0.314 e. The average molecular weight is 295 g/mol. The van der Waals surface area contributed by atoms with Crippen molar-refractivity contribution < 1.29 is 5.21 Å². The highest BCUT2D eigenvalue weighted by atomic mass is 127. The molecule has 1 saturated carbocycles. The Kier molecular flexibility index (Phi) is 3.15. The minimum atomic E-state index is 0.612. The van der Waals surface area contributed by atoms with E-state index in [-0.39, 0.29) is 0 Å². The number of hydroxylamine groups is 2. The summed E-state index contributed by atoms with van der Waals surface area (Å²) >= 11 is 2.58. The molecule has 13 heavy (non-hydrogen) atoms. The third-order valence-electron chi connectivity index (χ3n) is 3.78. The minimum absolute atomic E-state index is 0.612. The van der Waals surface area contributed by atoms with Crippen LogP contribution in [-0.4, -0.2) is 27.3 Å². The van der Waals surface area contributed by atoms with E-state index in [9.17, 15) is 5.21 Å². The standard InChI is InChI=1S/C10H18INO/c11-9-1-3-10(4-2-9)5-7-12(13)8-6-10/h9,13H,1-8H2. The maximum atomic E-state index is 9.31. The summed E-state index contributed by atoms with van der Waals surface area (Å²) in [7, 11) is 0. The Hall–Kier alpha value is 0.650. The van der Waals surface area contributed by atoms with Gasteiger partial charge in [0.1, 0.15) is 0 Å². The highest BCUT2D eigenvalue weighted by Gasteiger charge is 2.37. The SMILES string of the molecule is ON1CCC2(CCC(I)CC2)CC1. The highest BCUT2D eigenvalue weighted by Crippen LogP contribution is 2.45. The topological polar surface area (TPSA) is 23.5 Å². The fourth-order valence-corrected chi connectivity index (χ4v) is 3.29. The van der Waals surface area contributed by atoms with Crippen LogP contribution in [0.1, 0.15) is 38.5 Å². The maximum Gasteiger partial charge on any atom is 0.0243 e. The number of hydrogen-bond acceptors (Lipinski definition) is 2. The number of halogens is 1. The molecule has 2 aliphatic rings. The molecule has 2 nitrogen and oxygen atoms in total. The molecule has 1 N–H and O–H groups in total. The highest BCUT2D eigenvalue weighted by molar-refractivity contribution is 14.1. The first-order valence-corrected chi connectivity index (χ1v) is 6.53. The average Bonchev–Trinajstić information content (AvgIpc) is 2.16. The fourth-order valence-electron chi connectivity index (χ4n) is 2.66. The monoisotopic (exact) mass is 295 g/mol. The minimum Gasteiger partial charge on any atom is -0.314 e. The van der Waals surface area contributed by atoms with Crippen molar-refractivity contribution in [3.63, 3.8) is 0 Å². The van der Waals surface area contributed by atoms with Crippen molar-refractivity contribution in [2.75, 3.05) is 13.1 Å². The molecule has 0 atom stereocenters. The summed E-state index contributed by atoms with van der Waals surface area (Å²) in [5.41, 5.74) is 0.612. The second-order valence-electron chi connectivity index (χ2n) is 4.63. The van der Waals surface area contributed by atoms with E-state index in [4.69, 9.17) is 0 Å². The molecule has 1 saturated heterocycles. The van der Waals surface area contributed by atoms with E-state index in [1.165, 1.54) is 43.6 Å². The zero-order valence-electron chi connectivity index (χ0n) is 8.01. The number of nitrogens with zero attached hydrogens (tertiary/aromatic N) is 1. The van der Waals surface area contributed by atoms with Crippen molar-refractivity contribution in [1.29, 1.82) is 0 Å². The second kappa shape index (κ2) is 4.03. The van der Waals surface area contributed by atoms with Gasteiger partial charge in [-0.25, -0.2) is 0 Å². The number of alkyl halides is 1. The zero-order valence-corrected chi connectivity index (χ0v) is 10.2. The van der Waals surface area contributed by atoms with Crippen molar-refractivity contribution in [2.45, 2.75) is 42.4 Å². The molecule has 76 valence electrons. The van der Waals surface area contributed by atoms with Crippen molar-refractivity contribution in [3.05, 3.63) is 0 Å². The van der Waals surface area contributed by atoms with E-state index in [0.717, 1.165) is 17.0 Å². The lowest BCUT2D eigenvalue weighted by atomic mass is 9.68. The van der Waals surface area contributed by atoms with Gasteiger partial charge in [-0.15, -0.1) is 0 Å². The first-order valence-electron chi connectivity index (χ1n) is 5.28. The van der Waals surface area contributed by atoms with Crippen LogP contribution in [0.4, 0.5) is 0 Å². The second-order valence-corrected chi connectivity index (χ2v) is 6.39. The number of rotatable bonds is 0. The quantitative estimate of drug-likeness (QED) is 0.549. The van der Waals surface area contributed by atoms with Crippen molar-refractivity contribution >= 4 is 22.6 Å². The van der Waals surface area contributed by atoms with Crippen LogP contribution in [-0.2, 0) is 0 Å². The molecule has 2 rings (SSSR count). The molecular formula is C10H18INO. The summed E-state index contributed by atoms with van der Waals surface area (Å²) in [6, 6.07) is 0. The van der Waals surface area contributed by atoms with Gasteiger partial charge in [0.25, 0.3) is 0 Å². The van der Waals surface area contributed by atoms with Crippen LogP contribution < -0.4 is 0 Å². The van der Waals surface area contributed by atoms with Gasteiger partial charge in [0.2, 0.25) is 0 Å². The van der Waals surface area contributed by atoms with Crippen LogP contribution in [0, 0.1) is 5.41 Å². The first-order chi connectivity index (χ1) is 6.20. The van der Waals surface area contributed by atoms with E-state index in [0.29, 0.717) is 5.41 Å². The Bertz CT molecular complexity index is 146. The lowest BCUT2D eigenvalue weighted by molar-refractivity contribution is -0.130. The van der Waals surface area contributed by atoms with Gasteiger partial charge in [-0.3, -0.25) is 0 Å². The van der Waals surface area contributed by atoms with E-state index in [1.807, 2.05) is 0 Å². The molecule has 0 radical (unpaired) electrons. The summed E-state index contributed by atoms with van der Waals surface area (Å²) in [6.45, 7) is 1.79. The Morgan fingerprint density at radius 2 is 1.62 bits per heavy atom. The van der Waals surface area contributed by atoms with E-state index in [1.54, 1.807) is 0 Å². The summed E-state index contributed by atoms with van der Waals surface area (Å²) < 4.78 is 0.912. The molecule has 2 fully saturated rings. The molecule has 0 amide bonds. The van der Waals surface area contributed by atoms with Gasteiger partial charge >= 0.3 is 0 Å². The summed E-state index contributed by atoms with van der Waals surface area (Å²) in [4.78, 5) is 0. The van der Waals surface area contributed by atoms with Gasteiger partial charge < -0.3 is 5.21 Å². The third-order valence-corrected chi connectivity index (χ3v) is 5.02. The maximum absolute atomic E-state index is 9.31. The molecule has 1 aliphatic heterocycles. The molecule has 3 heteroatoms. The van der Waals surface area contributed by atoms with Crippen molar-refractivity contribution in [2.24, 2.45) is 5.41 Å². The third kappa shape index (κ3) is 2.36. The predicted molar refractivity (Wildman–Crippen MR) is 61.3 cm³/mol. The summed E-state index contributed by atoms with van der Waals surface area (Å²) in [5.74, 6) is 0. The van der Waals surface area contributed by atoms with Gasteiger partial charge in [0.15, 0.2) is 0 Å². The predicted octanol–water partition coefficient (Wildman–Crippen LogP) is 2.84. The van der Waals surface area contributed by atoms with Gasteiger partial charge in [-0.2, -0.15) is 5.06 Å². The van der Waals surface area contributed by atoms with Crippen LogP contribution in [0.3, 0.4) is 0 Å². The van der Waals surface area contributed by atoms with Crippen molar-refractivity contribution in [1.82, 2.24) is 5.06 Å². The molecule has 0 aromatic rings. The lowest BCUT2D eigenvalue weighted by Crippen LogP contribution is -2.40. The molecule has 1 heterocycles. The van der Waals surface area contributed by atoms with Crippen LogP contribution in [0.25, 0.3) is 0 Å². The Morgan fingerprint density at radius 3 is 2.15 bits per heavy atom. The lowest BCUT2D eigenvalue weighted by Gasteiger charge is -2.43. The fraction of sp³-hybridized carbons (Fsp3) is 1.00. The summed E-state index contributed by atoms with van der Waals surface area (Å²) in [5, 5.41) is 10.8. The van der Waals surface area contributed by atoms with Crippen LogP contribution in [0.15, 0.2) is 0 Å². The summed E-state index contributed by atoms with van der Waals surface area (Å²) in [6.07, 6.45) is 8.01. The van der Waals surface area contributed by atoms with Gasteiger partial charge in [0.05, 0.1) is 0 Å². The molecule has 0 unspecified atom stereocenters. The molecule has 0 bridgehead atoms. The van der Waals surface area contributed by atoms with Gasteiger partial charge in [0, 0.05) is 17.0 Å². The molecule has 0 aromatic heterocycles. The zero-order chi connectivity index (χ0) is 9.31. The smallest absolute Gasteiger partial charge is 0.0243 e.